The molecule has 0 fully saturated rings. The SMILES string of the molecule is CC(C)[Si](OC(C)(C)C)(c1ccccc1)c1ccccc1. The molecule has 1 nitrogen and oxygen atoms in total. The predicted octanol–water partition coefficient (Wildman–Crippen LogP) is 3.97. The van der Waals surface area contributed by atoms with Crippen molar-refractivity contribution in [2.24, 2.45) is 0 Å². The summed E-state index contributed by atoms with van der Waals surface area (Å²) >= 11 is 0. The van der Waals surface area contributed by atoms with Gasteiger partial charge in [-0.25, -0.2) is 0 Å². The van der Waals surface area contributed by atoms with E-state index in [0.29, 0.717) is 5.54 Å². The molecule has 2 aromatic carbocycles. The van der Waals surface area contributed by atoms with E-state index in [4.69, 9.17) is 4.43 Å². The summed E-state index contributed by atoms with van der Waals surface area (Å²) < 4.78 is 6.80. The molecule has 0 unspecified atom stereocenters. The molecule has 2 rings (SSSR count). The summed E-state index contributed by atoms with van der Waals surface area (Å²) in [5.41, 5.74) is 0.295. The second kappa shape index (κ2) is 6.16. The normalized spacial score (nSPS) is 12.7. The van der Waals surface area contributed by atoms with Gasteiger partial charge in [0.2, 0.25) is 0 Å². The average molecular weight is 299 g/mol. The molecule has 0 aromatic heterocycles. The van der Waals surface area contributed by atoms with E-state index in [-0.39, 0.29) is 5.60 Å². The fourth-order valence-electron chi connectivity index (χ4n) is 2.92. The van der Waals surface area contributed by atoms with Crippen LogP contribution in [0.3, 0.4) is 0 Å². The van der Waals surface area contributed by atoms with Crippen LogP contribution in [-0.2, 0) is 4.43 Å². The van der Waals surface area contributed by atoms with Gasteiger partial charge in [-0.3, -0.25) is 0 Å². The first kappa shape index (κ1) is 16.0. The highest BCUT2D eigenvalue weighted by Gasteiger charge is 2.45. The van der Waals surface area contributed by atoms with Crippen LogP contribution in [0, 0.1) is 0 Å². The lowest BCUT2D eigenvalue weighted by atomic mass is 10.2. The Labute approximate surface area is 130 Å². The Kier molecular flexibility index (Phi) is 4.69. The minimum Gasteiger partial charge on any atom is -0.403 e. The lowest BCUT2D eigenvalue weighted by Crippen LogP contribution is -2.65. The maximum atomic E-state index is 6.80. The van der Waals surface area contributed by atoms with Crippen LogP contribution < -0.4 is 10.4 Å². The molecule has 0 N–H and O–H groups in total. The van der Waals surface area contributed by atoms with Crippen molar-refractivity contribution in [3.8, 4) is 0 Å². The Morgan fingerprint density at radius 2 is 1.14 bits per heavy atom. The quantitative estimate of drug-likeness (QED) is 0.776. The Bertz CT molecular complexity index is 516. The van der Waals surface area contributed by atoms with E-state index in [0.717, 1.165) is 0 Å². The van der Waals surface area contributed by atoms with Crippen molar-refractivity contribution in [1.82, 2.24) is 0 Å². The van der Waals surface area contributed by atoms with Crippen molar-refractivity contribution in [2.45, 2.75) is 45.8 Å². The van der Waals surface area contributed by atoms with Crippen LogP contribution in [0.15, 0.2) is 60.7 Å². The topological polar surface area (TPSA) is 9.23 Å². The molecule has 0 aliphatic carbocycles. The van der Waals surface area contributed by atoms with Crippen LogP contribution in [0.2, 0.25) is 5.54 Å². The Morgan fingerprint density at radius 3 is 1.43 bits per heavy atom. The molecule has 2 heteroatoms. The summed E-state index contributed by atoms with van der Waals surface area (Å²) in [7, 11) is -2.26. The largest absolute Gasteiger partial charge is 0.403 e. The monoisotopic (exact) mass is 298 g/mol. The first-order valence-corrected chi connectivity index (χ1v) is 9.66. The maximum absolute atomic E-state index is 6.80. The summed E-state index contributed by atoms with van der Waals surface area (Å²) in [5, 5.41) is 2.70. The van der Waals surface area contributed by atoms with Gasteiger partial charge in [-0.05, 0) is 36.7 Å². The molecule has 0 saturated heterocycles. The fraction of sp³-hybridized carbons (Fsp3) is 0.368. The standard InChI is InChI=1S/C19H26OSi/c1-16(2)21(20-19(3,4)5,17-12-8-6-9-13-17)18-14-10-7-11-15-18/h6-16H,1-5H3. The second-order valence-corrected chi connectivity index (χ2v) is 10.8. The van der Waals surface area contributed by atoms with E-state index in [1.54, 1.807) is 0 Å². The summed E-state index contributed by atoms with van der Waals surface area (Å²) in [6, 6.07) is 21.5. The highest BCUT2D eigenvalue weighted by molar-refractivity contribution is 6.98. The molecule has 2 aromatic rings. The van der Waals surface area contributed by atoms with Crippen molar-refractivity contribution in [1.29, 1.82) is 0 Å². The zero-order valence-electron chi connectivity index (χ0n) is 13.8. The lowest BCUT2D eigenvalue weighted by Gasteiger charge is -2.41. The van der Waals surface area contributed by atoms with Crippen LogP contribution in [0.25, 0.3) is 0 Å². The third-order valence-electron chi connectivity index (χ3n) is 3.69. The predicted molar refractivity (Wildman–Crippen MR) is 93.8 cm³/mol. The molecule has 0 atom stereocenters. The third-order valence-corrected chi connectivity index (χ3v) is 8.63. The lowest BCUT2D eigenvalue weighted by molar-refractivity contribution is 0.123. The van der Waals surface area contributed by atoms with Gasteiger partial charge in [-0.1, -0.05) is 74.5 Å². The van der Waals surface area contributed by atoms with Crippen molar-refractivity contribution in [3.63, 3.8) is 0 Å². The molecule has 0 saturated carbocycles. The summed E-state index contributed by atoms with van der Waals surface area (Å²) in [6.07, 6.45) is 0. The third kappa shape index (κ3) is 3.45. The van der Waals surface area contributed by atoms with Crippen LogP contribution in [-0.4, -0.2) is 13.9 Å². The Hall–Kier alpha value is -1.38. The molecule has 21 heavy (non-hydrogen) atoms. The van der Waals surface area contributed by atoms with Gasteiger partial charge in [0, 0.05) is 5.60 Å². The first-order valence-electron chi connectivity index (χ1n) is 7.67. The Morgan fingerprint density at radius 1 is 0.762 bits per heavy atom. The Balaban J connectivity index is 2.67. The van der Waals surface area contributed by atoms with E-state index in [1.165, 1.54) is 10.4 Å². The van der Waals surface area contributed by atoms with E-state index in [2.05, 4.69) is 95.3 Å². The summed E-state index contributed by atoms with van der Waals surface area (Å²) in [6.45, 7) is 11.0. The smallest absolute Gasteiger partial charge is 0.258 e. The zero-order valence-corrected chi connectivity index (χ0v) is 14.8. The van der Waals surface area contributed by atoms with Crippen molar-refractivity contribution >= 4 is 18.7 Å². The van der Waals surface area contributed by atoms with Crippen LogP contribution >= 0.6 is 0 Å². The van der Waals surface area contributed by atoms with Crippen LogP contribution in [0.4, 0.5) is 0 Å². The van der Waals surface area contributed by atoms with E-state index in [9.17, 15) is 0 Å². The first-order chi connectivity index (χ1) is 9.86. The van der Waals surface area contributed by atoms with Gasteiger partial charge >= 0.3 is 0 Å². The number of hydrogen-bond donors (Lipinski definition) is 0. The van der Waals surface area contributed by atoms with Gasteiger partial charge in [0.1, 0.15) is 0 Å². The number of hydrogen-bond acceptors (Lipinski definition) is 1. The van der Waals surface area contributed by atoms with Crippen LogP contribution in [0.5, 0.6) is 0 Å². The molecule has 0 amide bonds. The maximum Gasteiger partial charge on any atom is 0.258 e. The van der Waals surface area contributed by atoms with E-state index >= 15 is 0 Å². The molecule has 0 bridgehead atoms. The molecule has 0 heterocycles. The molecule has 0 spiro atoms. The molecule has 112 valence electrons. The highest BCUT2D eigenvalue weighted by atomic mass is 28.4. The van der Waals surface area contributed by atoms with Gasteiger partial charge < -0.3 is 4.43 Å². The van der Waals surface area contributed by atoms with E-state index in [1.807, 2.05) is 0 Å². The summed E-state index contributed by atoms with van der Waals surface area (Å²) in [5.74, 6) is 0. The molecule has 0 aliphatic heterocycles. The van der Waals surface area contributed by atoms with Crippen molar-refractivity contribution in [3.05, 3.63) is 60.7 Å². The minimum atomic E-state index is -2.26. The van der Waals surface area contributed by atoms with Crippen LogP contribution in [0.1, 0.15) is 34.6 Å². The van der Waals surface area contributed by atoms with Gasteiger partial charge in [-0.15, -0.1) is 0 Å². The molecular formula is C19H26OSi. The van der Waals surface area contributed by atoms with Gasteiger partial charge in [-0.2, -0.15) is 0 Å². The number of rotatable bonds is 4. The highest BCUT2D eigenvalue weighted by Crippen LogP contribution is 2.27. The van der Waals surface area contributed by atoms with Crippen molar-refractivity contribution < 1.29 is 4.43 Å². The van der Waals surface area contributed by atoms with E-state index < -0.39 is 8.32 Å². The number of benzene rings is 2. The minimum absolute atomic E-state index is 0.165. The molecule has 0 aliphatic rings. The van der Waals surface area contributed by atoms with Crippen molar-refractivity contribution in [2.75, 3.05) is 0 Å². The molecule has 0 radical (unpaired) electrons. The van der Waals surface area contributed by atoms with Gasteiger partial charge in [0.25, 0.3) is 8.32 Å². The second-order valence-electron chi connectivity index (χ2n) is 6.84. The summed E-state index contributed by atoms with van der Waals surface area (Å²) in [4.78, 5) is 0. The zero-order chi connectivity index (χ0) is 15.5. The molecular weight excluding hydrogens is 272 g/mol. The fourth-order valence-corrected chi connectivity index (χ4v) is 7.40. The van der Waals surface area contributed by atoms with Gasteiger partial charge in [0.05, 0.1) is 0 Å². The van der Waals surface area contributed by atoms with Gasteiger partial charge in [0.15, 0.2) is 0 Å². The average Bonchev–Trinajstić information content (AvgIpc) is 2.45.